The van der Waals surface area contributed by atoms with Crippen molar-refractivity contribution in [3.63, 3.8) is 0 Å². The minimum Gasteiger partial charge on any atom is -0.489 e. The molecule has 0 aliphatic rings. The molecule has 0 spiro atoms. The summed E-state index contributed by atoms with van der Waals surface area (Å²) in [6, 6.07) is 1.92. The number of anilines is 1. The van der Waals surface area contributed by atoms with Crippen LogP contribution < -0.4 is 10.5 Å². The summed E-state index contributed by atoms with van der Waals surface area (Å²) < 4.78 is 5.64. The van der Waals surface area contributed by atoms with Crippen molar-refractivity contribution >= 4 is 5.82 Å². The monoisotopic (exact) mass is 258 g/mol. The van der Waals surface area contributed by atoms with Crippen LogP contribution in [0.1, 0.15) is 26.3 Å². The molecule has 0 amide bonds. The van der Waals surface area contributed by atoms with Crippen LogP contribution in [0.4, 0.5) is 5.82 Å². The lowest BCUT2D eigenvalue weighted by Crippen LogP contribution is -2.06. The Morgan fingerprint density at radius 2 is 2.05 bits per heavy atom. The van der Waals surface area contributed by atoms with Gasteiger partial charge in [0.15, 0.2) is 0 Å². The van der Waals surface area contributed by atoms with E-state index in [0.29, 0.717) is 5.82 Å². The molecule has 2 N–H and O–H groups in total. The molecule has 0 radical (unpaired) electrons. The minimum absolute atomic E-state index is 0.109. The molecule has 100 valence electrons. The van der Waals surface area contributed by atoms with Crippen LogP contribution in [0, 0.1) is 0 Å². The summed E-state index contributed by atoms with van der Waals surface area (Å²) in [4.78, 5) is 12.5. The molecule has 2 aromatic rings. The molecule has 2 heterocycles. The van der Waals surface area contributed by atoms with Gasteiger partial charge in [-0.25, -0.2) is 9.97 Å². The van der Waals surface area contributed by atoms with Crippen molar-refractivity contribution < 1.29 is 4.74 Å². The predicted octanol–water partition coefficient (Wildman–Crippen LogP) is 2.47. The van der Waals surface area contributed by atoms with Crippen LogP contribution in [0.15, 0.2) is 24.8 Å². The zero-order valence-corrected chi connectivity index (χ0v) is 11.4. The van der Waals surface area contributed by atoms with E-state index < -0.39 is 0 Å². The number of pyridine rings is 1. The van der Waals surface area contributed by atoms with Gasteiger partial charge in [0, 0.05) is 17.3 Å². The Morgan fingerprint density at radius 3 is 2.74 bits per heavy atom. The molecular formula is C14H18N4O. The van der Waals surface area contributed by atoms with Gasteiger partial charge < -0.3 is 10.5 Å². The van der Waals surface area contributed by atoms with E-state index in [1.807, 2.05) is 26.8 Å². The molecule has 0 fully saturated rings. The van der Waals surface area contributed by atoms with Gasteiger partial charge in [0.1, 0.15) is 17.9 Å². The van der Waals surface area contributed by atoms with E-state index in [2.05, 4.69) is 15.0 Å². The highest BCUT2D eigenvalue weighted by molar-refractivity contribution is 5.67. The highest BCUT2D eigenvalue weighted by Gasteiger charge is 2.11. The van der Waals surface area contributed by atoms with Gasteiger partial charge in [-0.2, -0.15) is 0 Å². The van der Waals surface area contributed by atoms with E-state index in [4.69, 9.17) is 10.5 Å². The Bertz CT molecular complexity index is 569. The normalized spacial score (nSPS) is 10.7. The lowest BCUT2D eigenvalue weighted by molar-refractivity contribution is 0.241. The van der Waals surface area contributed by atoms with Crippen molar-refractivity contribution in [1.29, 1.82) is 0 Å². The molecule has 0 saturated carbocycles. The van der Waals surface area contributed by atoms with Gasteiger partial charge >= 0.3 is 0 Å². The first-order valence-corrected chi connectivity index (χ1v) is 6.33. The molecule has 2 rings (SSSR count). The summed E-state index contributed by atoms with van der Waals surface area (Å²) in [5.74, 6) is 1.24. The minimum atomic E-state index is 0.109. The van der Waals surface area contributed by atoms with Crippen molar-refractivity contribution in [3.05, 3.63) is 30.4 Å². The van der Waals surface area contributed by atoms with Gasteiger partial charge in [0.2, 0.25) is 0 Å². The van der Waals surface area contributed by atoms with Crippen LogP contribution in [0.25, 0.3) is 11.3 Å². The predicted molar refractivity (Wildman–Crippen MR) is 74.8 cm³/mol. The van der Waals surface area contributed by atoms with E-state index in [1.54, 1.807) is 12.4 Å². The van der Waals surface area contributed by atoms with Crippen LogP contribution in [0.5, 0.6) is 5.75 Å². The summed E-state index contributed by atoms with van der Waals surface area (Å²) >= 11 is 0. The third-order valence-corrected chi connectivity index (χ3v) is 2.69. The second-order valence-electron chi connectivity index (χ2n) is 4.52. The molecule has 2 aromatic heterocycles. The molecule has 0 unspecified atom stereocenters. The maximum atomic E-state index is 5.89. The van der Waals surface area contributed by atoms with Crippen molar-refractivity contribution in [3.8, 4) is 17.0 Å². The fourth-order valence-corrected chi connectivity index (χ4v) is 1.91. The van der Waals surface area contributed by atoms with Gasteiger partial charge in [0.25, 0.3) is 0 Å². The third kappa shape index (κ3) is 2.99. The fourth-order valence-electron chi connectivity index (χ4n) is 1.91. The number of hydrogen-bond acceptors (Lipinski definition) is 5. The topological polar surface area (TPSA) is 73.9 Å². The van der Waals surface area contributed by atoms with Crippen LogP contribution in [0.2, 0.25) is 0 Å². The largest absolute Gasteiger partial charge is 0.489 e. The number of nitrogen functional groups attached to an aromatic ring is 1. The first kappa shape index (κ1) is 13.3. The van der Waals surface area contributed by atoms with E-state index in [1.165, 1.54) is 6.33 Å². The second kappa shape index (κ2) is 5.65. The first-order valence-electron chi connectivity index (χ1n) is 6.33. The van der Waals surface area contributed by atoms with Crippen LogP contribution in [-0.4, -0.2) is 21.1 Å². The van der Waals surface area contributed by atoms with Crippen molar-refractivity contribution in [2.75, 3.05) is 5.73 Å². The Hall–Kier alpha value is -2.17. The quantitative estimate of drug-likeness (QED) is 0.911. The molecule has 0 aliphatic heterocycles. The van der Waals surface area contributed by atoms with Gasteiger partial charge in [-0.15, -0.1) is 0 Å². The van der Waals surface area contributed by atoms with E-state index in [9.17, 15) is 0 Å². The van der Waals surface area contributed by atoms with Crippen molar-refractivity contribution in [2.24, 2.45) is 0 Å². The van der Waals surface area contributed by atoms with Gasteiger partial charge in [-0.05, 0) is 26.3 Å². The number of aromatic nitrogens is 3. The van der Waals surface area contributed by atoms with E-state index >= 15 is 0 Å². The Balaban J connectivity index is 2.44. The molecule has 5 heteroatoms. The highest BCUT2D eigenvalue weighted by atomic mass is 16.5. The highest BCUT2D eigenvalue weighted by Crippen LogP contribution is 2.26. The Kier molecular flexibility index (Phi) is 3.94. The average Bonchev–Trinajstić information content (AvgIpc) is 2.38. The lowest BCUT2D eigenvalue weighted by Gasteiger charge is -2.12. The summed E-state index contributed by atoms with van der Waals surface area (Å²) in [6.07, 6.45) is 5.81. The maximum absolute atomic E-state index is 5.89. The zero-order valence-electron chi connectivity index (χ0n) is 11.4. The summed E-state index contributed by atoms with van der Waals surface area (Å²) in [7, 11) is 0. The molecule has 0 atom stereocenters. The van der Waals surface area contributed by atoms with Gasteiger partial charge in [-0.3, -0.25) is 4.98 Å². The molecule has 5 nitrogen and oxygen atoms in total. The molecule has 0 bridgehead atoms. The van der Waals surface area contributed by atoms with Crippen LogP contribution in [-0.2, 0) is 6.42 Å². The zero-order chi connectivity index (χ0) is 13.8. The summed E-state index contributed by atoms with van der Waals surface area (Å²) in [5.41, 5.74) is 8.53. The molecule has 0 saturated heterocycles. The fraction of sp³-hybridized carbons (Fsp3) is 0.357. The molecule has 0 aromatic carbocycles. The summed E-state index contributed by atoms with van der Waals surface area (Å²) in [5, 5.41) is 0. The first-order chi connectivity index (χ1) is 9.11. The molecule has 19 heavy (non-hydrogen) atoms. The smallest absolute Gasteiger partial charge is 0.138 e. The van der Waals surface area contributed by atoms with Crippen molar-refractivity contribution in [1.82, 2.24) is 15.0 Å². The van der Waals surface area contributed by atoms with Crippen LogP contribution in [0.3, 0.4) is 0 Å². The number of ether oxygens (including phenoxy) is 1. The molecule has 0 aliphatic carbocycles. The second-order valence-corrected chi connectivity index (χ2v) is 4.52. The van der Waals surface area contributed by atoms with Crippen LogP contribution >= 0.6 is 0 Å². The number of nitrogens with two attached hydrogens (primary N) is 1. The van der Waals surface area contributed by atoms with Gasteiger partial charge in [0.05, 0.1) is 18.0 Å². The van der Waals surface area contributed by atoms with Crippen molar-refractivity contribution in [2.45, 2.75) is 33.3 Å². The maximum Gasteiger partial charge on any atom is 0.138 e. The van der Waals surface area contributed by atoms with E-state index in [0.717, 1.165) is 29.0 Å². The third-order valence-electron chi connectivity index (χ3n) is 2.69. The number of nitrogens with zero attached hydrogens (tertiary/aromatic N) is 3. The Labute approximate surface area is 112 Å². The molecular weight excluding hydrogens is 240 g/mol. The lowest BCUT2D eigenvalue weighted by atomic mass is 10.1. The Morgan fingerprint density at radius 1 is 1.26 bits per heavy atom. The number of hydrogen-bond donors (Lipinski definition) is 1. The average molecular weight is 258 g/mol. The SMILES string of the molecule is CCc1c(N)ncnc1-c1cncc(OC(C)C)c1. The summed E-state index contributed by atoms with van der Waals surface area (Å²) in [6.45, 7) is 5.99. The number of rotatable bonds is 4. The van der Waals surface area contributed by atoms with E-state index in [-0.39, 0.29) is 6.10 Å². The van der Waals surface area contributed by atoms with Gasteiger partial charge in [-0.1, -0.05) is 6.92 Å². The standard InChI is InChI=1S/C14H18N4O/c1-4-12-13(17-8-18-14(12)15)10-5-11(7-16-6-10)19-9(2)3/h5-9H,4H2,1-3H3,(H2,15,17,18).